The van der Waals surface area contributed by atoms with Gasteiger partial charge in [-0.2, -0.15) is 0 Å². The molecule has 0 aliphatic carbocycles. The van der Waals surface area contributed by atoms with Crippen molar-refractivity contribution in [1.29, 1.82) is 0 Å². The smallest absolute Gasteiger partial charge is 0.320 e. The largest absolute Gasteiger partial charge is 0.497 e. The van der Waals surface area contributed by atoms with E-state index in [1.54, 1.807) is 7.11 Å². The second-order valence-electron chi connectivity index (χ2n) is 5.86. The van der Waals surface area contributed by atoms with Crippen molar-refractivity contribution in [2.24, 2.45) is 0 Å². The lowest BCUT2D eigenvalue weighted by atomic mass is 9.95. The van der Waals surface area contributed by atoms with Crippen LogP contribution in [0, 0.1) is 0 Å². The number of carbonyl (C=O) groups excluding carboxylic acids is 1. The van der Waals surface area contributed by atoms with E-state index in [0.717, 1.165) is 31.6 Å². The number of amides is 2. The minimum Gasteiger partial charge on any atom is -0.497 e. The van der Waals surface area contributed by atoms with E-state index in [-0.39, 0.29) is 12.1 Å². The van der Waals surface area contributed by atoms with Crippen LogP contribution >= 0.6 is 0 Å². The fourth-order valence-corrected chi connectivity index (χ4v) is 3.29. The first-order valence-corrected chi connectivity index (χ1v) is 8.07. The van der Waals surface area contributed by atoms with Gasteiger partial charge in [0, 0.05) is 19.6 Å². The number of likely N-dealkylation sites (tertiary alicyclic amines) is 1. The molecule has 120 valence electrons. The number of hydrogen-bond acceptors (Lipinski definition) is 3. The zero-order chi connectivity index (χ0) is 15.4. The van der Waals surface area contributed by atoms with Gasteiger partial charge in [0.05, 0.1) is 26.4 Å². The topological polar surface area (TPSA) is 42.0 Å². The van der Waals surface area contributed by atoms with Crippen molar-refractivity contribution in [2.45, 2.75) is 25.3 Å². The summed E-state index contributed by atoms with van der Waals surface area (Å²) in [5.41, 5.74) is 1.17. The SMILES string of the molecule is COc1cccc([C@@H]2CCCCN2C(=O)N2CCOCC2)c1. The molecule has 2 heterocycles. The maximum Gasteiger partial charge on any atom is 0.320 e. The molecule has 0 radical (unpaired) electrons. The molecule has 0 unspecified atom stereocenters. The number of ether oxygens (including phenoxy) is 2. The maximum absolute atomic E-state index is 12.9. The first-order chi connectivity index (χ1) is 10.8. The lowest BCUT2D eigenvalue weighted by molar-refractivity contribution is 0.0355. The van der Waals surface area contributed by atoms with Crippen molar-refractivity contribution in [3.63, 3.8) is 0 Å². The molecule has 3 rings (SSSR count). The van der Waals surface area contributed by atoms with E-state index in [1.165, 1.54) is 5.56 Å². The Balaban J connectivity index is 1.79. The van der Waals surface area contributed by atoms with E-state index in [4.69, 9.17) is 9.47 Å². The van der Waals surface area contributed by atoms with Crippen LogP contribution in [0.1, 0.15) is 30.9 Å². The van der Waals surface area contributed by atoms with Crippen molar-refractivity contribution in [1.82, 2.24) is 9.80 Å². The molecule has 1 aromatic rings. The molecule has 0 saturated carbocycles. The Morgan fingerprint density at radius 1 is 1.23 bits per heavy atom. The monoisotopic (exact) mass is 304 g/mol. The summed E-state index contributed by atoms with van der Waals surface area (Å²) in [6, 6.07) is 8.39. The second kappa shape index (κ2) is 7.01. The Labute approximate surface area is 131 Å². The quantitative estimate of drug-likeness (QED) is 0.843. The predicted octanol–water partition coefficient (Wildman–Crippen LogP) is 2.67. The van der Waals surface area contributed by atoms with Gasteiger partial charge in [-0.05, 0) is 37.0 Å². The van der Waals surface area contributed by atoms with Crippen LogP contribution in [-0.4, -0.2) is 55.8 Å². The van der Waals surface area contributed by atoms with Crippen molar-refractivity contribution in [3.8, 4) is 5.75 Å². The summed E-state index contributed by atoms with van der Waals surface area (Å²) in [5, 5.41) is 0. The third kappa shape index (κ3) is 3.19. The van der Waals surface area contributed by atoms with Crippen LogP contribution in [0.2, 0.25) is 0 Å². The average molecular weight is 304 g/mol. The van der Waals surface area contributed by atoms with Gasteiger partial charge in [-0.25, -0.2) is 4.79 Å². The maximum atomic E-state index is 12.9. The minimum atomic E-state index is 0.149. The number of carbonyl (C=O) groups is 1. The van der Waals surface area contributed by atoms with Crippen LogP contribution < -0.4 is 4.74 Å². The normalized spacial score (nSPS) is 22.5. The van der Waals surface area contributed by atoms with E-state index in [2.05, 4.69) is 12.1 Å². The molecular weight excluding hydrogens is 280 g/mol. The highest BCUT2D eigenvalue weighted by Gasteiger charge is 2.31. The Bertz CT molecular complexity index is 514. The van der Waals surface area contributed by atoms with E-state index in [0.29, 0.717) is 26.3 Å². The van der Waals surface area contributed by atoms with Gasteiger partial charge in [0.1, 0.15) is 5.75 Å². The fourth-order valence-electron chi connectivity index (χ4n) is 3.29. The Kier molecular flexibility index (Phi) is 4.83. The van der Waals surface area contributed by atoms with Gasteiger partial charge in [0.2, 0.25) is 0 Å². The van der Waals surface area contributed by atoms with Crippen LogP contribution in [0.25, 0.3) is 0 Å². The van der Waals surface area contributed by atoms with Gasteiger partial charge < -0.3 is 19.3 Å². The van der Waals surface area contributed by atoms with Crippen LogP contribution in [0.15, 0.2) is 24.3 Å². The van der Waals surface area contributed by atoms with Crippen molar-refractivity contribution < 1.29 is 14.3 Å². The molecule has 2 saturated heterocycles. The third-order valence-corrected chi connectivity index (χ3v) is 4.51. The highest BCUT2D eigenvalue weighted by Crippen LogP contribution is 2.33. The molecule has 0 N–H and O–H groups in total. The molecule has 1 aromatic carbocycles. The van der Waals surface area contributed by atoms with Gasteiger partial charge in [0.15, 0.2) is 0 Å². The van der Waals surface area contributed by atoms with Gasteiger partial charge in [-0.15, -0.1) is 0 Å². The molecule has 0 aromatic heterocycles. The summed E-state index contributed by atoms with van der Waals surface area (Å²) in [6.07, 6.45) is 3.26. The molecular formula is C17H24N2O3. The molecule has 0 bridgehead atoms. The molecule has 2 aliphatic rings. The summed E-state index contributed by atoms with van der Waals surface area (Å²) in [7, 11) is 1.68. The summed E-state index contributed by atoms with van der Waals surface area (Å²) in [5.74, 6) is 0.849. The van der Waals surface area contributed by atoms with Gasteiger partial charge in [0.25, 0.3) is 0 Å². The molecule has 2 aliphatic heterocycles. The highest BCUT2D eigenvalue weighted by atomic mass is 16.5. The highest BCUT2D eigenvalue weighted by molar-refractivity contribution is 5.75. The molecule has 2 fully saturated rings. The van der Waals surface area contributed by atoms with E-state index < -0.39 is 0 Å². The number of urea groups is 1. The van der Waals surface area contributed by atoms with Crippen LogP contribution in [0.5, 0.6) is 5.75 Å². The standard InChI is InChI=1S/C17H24N2O3/c1-21-15-6-4-5-14(13-15)16-7-2-3-8-19(16)17(20)18-9-11-22-12-10-18/h4-6,13,16H,2-3,7-12H2,1H3/t16-/m0/s1. The molecule has 5 heteroatoms. The number of hydrogen-bond donors (Lipinski definition) is 0. The second-order valence-corrected chi connectivity index (χ2v) is 5.86. The third-order valence-electron chi connectivity index (χ3n) is 4.51. The number of rotatable bonds is 2. The zero-order valence-corrected chi connectivity index (χ0v) is 13.2. The summed E-state index contributed by atoms with van der Waals surface area (Å²) in [4.78, 5) is 16.8. The molecule has 1 atom stereocenters. The van der Waals surface area contributed by atoms with E-state index in [1.807, 2.05) is 21.9 Å². The van der Waals surface area contributed by atoms with Gasteiger partial charge in [-0.3, -0.25) is 0 Å². The van der Waals surface area contributed by atoms with Crippen molar-refractivity contribution in [3.05, 3.63) is 29.8 Å². The lowest BCUT2D eigenvalue weighted by Crippen LogP contribution is -2.50. The molecule has 0 spiro atoms. The van der Waals surface area contributed by atoms with Gasteiger partial charge >= 0.3 is 6.03 Å². The molecule has 5 nitrogen and oxygen atoms in total. The summed E-state index contributed by atoms with van der Waals surface area (Å²) < 4.78 is 10.7. The Morgan fingerprint density at radius 3 is 2.82 bits per heavy atom. The Morgan fingerprint density at radius 2 is 2.05 bits per heavy atom. The first kappa shape index (κ1) is 15.2. The Hall–Kier alpha value is -1.75. The predicted molar refractivity (Wildman–Crippen MR) is 84.1 cm³/mol. The molecule has 2 amide bonds. The lowest BCUT2D eigenvalue weighted by Gasteiger charge is -2.40. The van der Waals surface area contributed by atoms with E-state index in [9.17, 15) is 4.79 Å². The average Bonchev–Trinajstić information content (AvgIpc) is 2.62. The number of methoxy groups -OCH3 is 1. The number of nitrogens with zero attached hydrogens (tertiary/aromatic N) is 2. The van der Waals surface area contributed by atoms with Crippen LogP contribution in [-0.2, 0) is 4.74 Å². The van der Waals surface area contributed by atoms with Crippen molar-refractivity contribution >= 4 is 6.03 Å². The number of benzene rings is 1. The summed E-state index contributed by atoms with van der Waals surface area (Å²) >= 11 is 0. The van der Waals surface area contributed by atoms with Crippen LogP contribution in [0.4, 0.5) is 4.79 Å². The fraction of sp³-hybridized carbons (Fsp3) is 0.588. The zero-order valence-electron chi connectivity index (χ0n) is 13.2. The summed E-state index contributed by atoms with van der Waals surface area (Å²) in [6.45, 7) is 3.51. The van der Waals surface area contributed by atoms with Crippen molar-refractivity contribution in [2.75, 3.05) is 40.0 Å². The van der Waals surface area contributed by atoms with E-state index >= 15 is 0 Å². The molecule has 22 heavy (non-hydrogen) atoms. The first-order valence-electron chi connectivity index (χ1n) is 8.07. The number of morpholine rings is 1. The van der Waals surface area contributed by atoms with Crippen LogP contribution in [0.3, 0.4) is 0 Å². The number of piperidine rings is 1. The minimum absolute atomic E-state index is 0.149. The van der Waals surface area contributed by atoms with Gasteiger partial charge in [-0.1, -0.05) is 12.1 Å².